The van der Waals surface area contributed by atoms with Crippen LogP contribution in [0.25, 0.3) is 0 Å². The maximum Gasteiger partial charge on any atom is 0.264 e. The minimum atomic E-state index is -3.38. The minimum absolute atomic E-state index is 0.151. The van der Waals surface area contributed by atoms with Gasteiger partial charge < -0.3 is 9.47 Å². The van der Waals surface area contributed by atoms with Crippen molar-refractivity contribution < 1.29 is 22.1 Å². The Morgan fingerprint density at radius 3 is 1.85 bits per heavy atom. The highest BCUT2D eigenvalue weighted by Gasteiger charge is 2.26. The fourth-order valence-electron chi connectivity index (χ4n) is 1.70. The van der Waals surface area contributed by atoms with Crippen molar-refractivity contribution in [2.75, 3.05) is 26.6 Å². The summed E-state index contributed by atoms with van der Waals surface area (Å²) in [6, 6.07) is 0. The second-order valence-corrected chi connectivity index (χ2v) is 7.33. The lowest BCUT2D eigenvalue weighted by atomic mass is 9.97. The second-order valence-electron chi connectivity index (χ2n) is 5.69. The van der Waals surface area contributed by atoms with Crippen LogP contribution in [-0.2, 0) is 23.8 Å². The molecule has 0 saturated heterocycles. The van der Waals surface area contributed by atoms with E-state index in [-0.39, 0.29) is 17.8 Å². The highest BCUT2D eigenvalue weighted by atomic mass is 32.2. The van der Waals surface area contributed by atoms with Gasteiger partial charge in [0.25, 0.3) is 10.1 Å². The molecule has 5 nitrogen and oxygen atoms in total. The van der Waals surface area contributed by atoms with Gasteiger partial charge in [-0.25, -0.2) is 0 Å². The first-order valence-electron chi connectivity index (χ1n) is 7.13. The lowest BCUT2D eigenvalue weighted by Crippen LogP contribution is -2.34. The molecule has 2 unspecified atom stereocenters. The molecule has 0 radical (unpaired) electrons. The monoisotopic (exact) mass is 310 g/mol. The summed E-state index contributed by atoms with van der Waals surface area (Å²) < 4.78 is 38.1. The molecular weight excluding hydrogens is 280 g/mol. The summed E-state index contributed by atoms with van der Waals surface area (Å²) in [7, 11) is -1.67. The first-order chi connectivity index (χ1) is 9.10. The predicted molar refractivity (Wildman–Crippen MR) is 80.4 cm³/mol. The first kappa shape index (κ1) is 19.8. The van der Waals surface area contributed by atoms with Gasteiger partial charge in [-0.3, -0.25) is 4.18 Å². The first-order valence-corrected chi connectivity index (χ1v) is 8.95. The Kier molecular flexibility index (Phi) is 8.25. The molecule has 0 rings (SSSR count). The van der Waals surface area contributed by atoms with Crippen LogP contribution >= 0.6 is 0 Å². The van der Waals surface area contributed by atoms with E-state index in [4.69, 9.17) is 13.7 Å². The van der Waals surface area contributed by atoms with Crippen LogP contribution in [0, 0.1) is 0 Å². The van der Waals surface area contributed by atoms with Crippen LogP contribution in [0.4, 0.5) is 0 Å². The van der Waals surface area contributed by atoms with Crippen molar-refractivity contribution in [1.29, 1.82) is 0 Å². The van der Waals surface area contributed by atoms with Crippen LogP contribution in [0.5, 0.6) is 0 Å². The molecule has 0 bridgehead atoms. The van der Waals surface area contributed by atoms with Crippen LogP contribution in [0.15, 0.2) is 0 Å². The summed E-state index contributed by atoms with van der Waals surface area (Å²) in [5.74, 6) is 0. The fourth-order valence-corrected chi connectivity index (χ4v) is 2.08. The topological polar surface area (TPSA) is 61.8 Å². The summed E-state index contributed by atoms with van der Waals surface area (Å²) in [5, 5.41) is 0. The van der Waals surface area contributed by atoms with Crippen LogP contribution in [0.3, 0.4) is 0 Å². The van der Waals surface area contributed by atoms with Gasteiger partial charge in [0.15, 0.2) is 0 Å². The molecule has 0 spiro atoms. The zero-order valence-corrected chi connectivity index (χ0v) is 14.5. The third-order valence-corrected chi connectivity index (χ3v) is 4.59. The van der Waals surface area contributed by atoms with E-state index in [1.165, 1.54) is 0 Å². The van der Waals surface area contributed by atoms with Gasteiger partial charge >= 0.3 is 0 Å². The Hall–Kier alpha value is -0.170. The quantitative estimate of drug-likeness (QED) is 0.549. The van der Waals surface area contributed by atoms with E-state index in [9.17, 15) is 8.42 Å². The van der Waals surface area contributed by atoms with Crippen LogP contribution in [0.1, 0.15) is 53.4 Å². The van der Waals surface area contributed by atoms with Crippen molar-refractivity contribution in [2.24, 2.45) is 0 Å². The molecule has 0 aromatic carbocycles. The summed E-state index contributed by atoms with van der Waals surface area (Å²) in [6.07, 6.45) is 4.14. The lowest BCUT2D eigenvalue weighted by Gasteiger charge is -2.32. The maximum atomic E-state index is 10.9. The summed E-state index contributed by atoms with van der Waals surface area (Å²) in [6.45, 7) is 8.89. The standard InChI is InChI=1S/C14H30O5S/c1-7-13(3,17-5)9-11-18-14(4,8-2)10-12-19-20(6,15)16/h7-12H2,1-6H3. The Morgan fingerprint density at radius 2 is 1.45 bits per heavy atom. The van der Waals surface area contributed by atoms with E-state index >= 15 is 0 Å². The summed E-state index contributed by atoms with van der Waals surface area (Å²) in [5.41, 5.74) is -0.537. The van der Waals surface area contributed by atoms with E-state index in [1.807, 2.05) is 13.8 Å². The molecule has 0 saturated carbocycles. The largest absolute Gasteiger partial charge is 0.378 e. The van der Waals surface area contributed by atoms with Crippen LogP contribution in [-0.4, -0.2) is 46.2 Å². The summed E-state index contributed by atoms with van der Waals surface area (Å²) >= 11 is 0. The van der Waals surface area contributed by atoms with Gasteiger partial charge in [-0.05, 0) is 33.1 Å². The molecule has 0 N–H and O–H groups in total. The Labute approximate surface area is 124 Å². The third kappa shape index (κ3) is 8.19. The van der Waals surface area contributed by atoms with Gasteiger partial charge in [0.05, 0.1) is 30.7 Å². The smallest absolute Gasteiger partial charge is 0.264 e. The Morgan fingerprint density at radius 1 is 0.950 bits per heavy atom. The molecular formula is C14H30O5S. The molecule has 122 valence electrons. The van der Waals surface area contributed by atoms with Crippen molar-refractivity contribution in [2.45, 2.75) is 64.6 Å². The molecule has 0 aliphatic rings. The fraction of sp³-hybridized carbons (Fsp3) is 1.00. The van der Waals surface area contributed by atoms with Gasteiger partial charge in [-0.15, -0.1) is 0 Å². The van der Waals surface area contributed by atoms with E-state index < -0.39 is 10.1 Å². The summed E-state index contributed by atoms with van der Waals surface area (Å²) in [4.78, 5) is 0. The molecule has 20 heavy (non-hydrogen) atoms. The minimum Gasteiger partial charge on any atom is -0.378 e. The van der Waals surface area contributed by atoms with Gasteiger partial charge in [0.2, 0.25) is 0 Å². The number of hydrogen-bond donors (Lipinski definition) is 0. The average Bonchev–Trinajstić information content (AvgIpc) is 2.37. The molecule has 6 heteroatoms. The van der Waals surface area contributed by atoms with E-state index in [1.54, 1.807) is 7.11 Å². The number of hydrogen-bond acceptors (Lipinski definition) is 5. The zero-order chi connectivity index (χ0) is 15.9. The molecule has 2 atom stereocenters. The molecule has 0 aromatic rings. The second kappa shape index (κ2) is 8.32. The molecule has 0 aromatic heterocycles. The van der Waals surface area contributed by atoms with Crippen molar-refractivity contribution in [3.63, 3.8) is 0 Å². The van der Waals surface area contributed by atoms with Gasteiger partial charge in [0, 0.05) is 13.5 Å². The highest BCUT2D eigenvalue weighted by molar-refractivity contribution is 7.85. The van der Waals surface area contributed by atoms with E-state index in [0.29, 0.717) is 13.0 Å². The normalized spacial score (nSPS) is 18.5. The third-order valence-electron chi connectivity index (χ3n) is 4.00. The number of ether oxygens (including phenoxy) is 2. The lowest BCUT2D eigenvalue weighted by molar-refractivity contribution is -0.0809. The SMILES string of the molecule is CCC(C)(CCOC(C)(CC)CCOS(C)(=O)=O)OC. The van der Waals surface area contributed by atoms with E-state index in [2.05, 4.69) is 13.8 Å². The van der Waals surface area contributed by atoms with Crippen molar-refractivity contribution in [3.8, 4) is 0 Å². The number of rotatable bonds is 11. The predicted octanol–water partition coefficient (Wildman–Crippen LogP) is 2.74. The Balaban J connectivity index is 4.24. The molecule has 0 amide bonds. The molecule has 0 aliphatic heterocycles. The van der Waals surface area contributed by atoms with Crippen molar-refractivity contribution in [3.05, 3.63) is 0 Å². The Bertz CT molecular complexity index is 362. The van der Waals surface area contributed by atoms with Gasteiger partial charge in [-0.1, -0.05) is 13.8 Å². The van der Waals surface area contributed by atoms with Gasteiger partial charge in [-0.2, -0.15) is 8.42 Å². The zero-order valence-electron chi connectivity index (χ0n) is 13.7. The molecule has 0 heterocycles. The molecule has 0 aliphatic carbocycles. The van der Waals surface area contributed by atoms with Crippen molar-refractivity contribution >= 4 is 10.1 Å². The van der Waals surface area contributed by atoms with Crippen LogP contribution < -0.4 is 0 Å². The van der Waals surface area contributed by atoms with Crippen LogP contribution in [0.2, 0.25) is 0 Å². The molecule has 0 fully saturated rings. The van der Waals surface area contributed by atoms with Gasteiger partial charge in [0.1, 0.15) is 0 Å². The number of methoxy groups -OCH3 is 1. The van der Waals surface area contributed by atoms with Crippen molar-refractivity contribution in [1.82, 2.24) is 0 Å². The maximum absolute atomic E-state index is 10.9. The average molecular weight is 310 g/mol. The highest BCUT2D eigenvalue weighted by Crippen LogP contribution is 2.24. The van der Waals surface area contributed by atoms with E-state index in [0.717, 1.165) is 25.5 Å².